The SMILES string of the molecule is [Na+].[Na+].[O-]BOc1ccccc1.[O-]BOc1ccccc1. The molecule has 0 atom stereocenters. The fourth-order valence-electron chi connectivity index (χ4n) is 1.17. The number of rotatable bonds is 4. The smallest absolute Gasteiger partial charge is 0.849 e. The molecule has 0 bridgehead atoms. The average molecular weight is 288 g/mol. The van der Waals surface area contributed by atoms with Gasteiger partial charge in [0.05, 0.1) is 11.5 Å². The third kappa shape index (κ3) is 10.8. The van der Waals surface area contributed by atoms with Gasteiger partial charge in [-0.05, 0) is 24.3 Å². The van der Waals surface area contributed by atoms with Crippen LogP contribution in [-0.2, 0) is 0 Å². The molecule has 0 amide bonds. The molecule has 0 unspecified atom stereocenters. The van der Waals surface area contributed by atoms with Crippen molar-refractivity contribution in [1.82, 2.24) is 0 Å². The van der Waals surface area contributed by atoms with E-state index < -0.39 is 15.4 Å². The first-order chi connectivity index (χ1) is 8.86. The molecule has 0 saturated heterocycles. The van der Waals surface area contributed by atoms with Gasteiger partial charge < -0.3 is 19.4 Å². The van der Waals surface area contributed by atoms with Crippen LogP contribution in [-0.4, -0.2) is 15.4 Å². The van der Waals surface area contributed by atoms with Gasteiger partial charge in [-0.25, -0.2) is 0 Å². The maximum absolute atomic E-state index is 9.88. The van der Waals surface area contributed by atoms with Crippen LogP contribution >= 0.6 is 0 Å². The van der Waals surface area contributed by atoms with Crippen molar-refractivity contribution in [2.75, 3.05) is 0 Å². The van der Waals surface area contributed by atoms with E-state index >= 15 is 0 Å². The number of hydrogen-bond acceptors (Lipinski definition) is 4. The Balaban J connectivity index is 0. The molecule has 0 saturated carbocycles. The summed E-state index contributed by atoms with van der Waals surface area (Å²) in [4.78, 5) is 0. The van der Waals surface area contributed by atoms with Crippen molar-refractivity contribution in [3.05, 3.63) is 60.7 Å². The summed E-state index contributed by atoms with van der Waals surface area (Å²) >= 11 is 0. The second-order valence-electron chi connectivity index (χ2n) is 3.15. The molecule has 0 spiro atoms. The van der Waals surface area contributed by atoms with Gasteiger partial charge in [0.2, 0.25) is 15.4 Å². The van der Waals surface area contributed by atoms with Crippen LogP contribution in [0.1, 0.15) is 0 Å². The van der Waals surface area contributed by atoms with E-state index in [1.165, 1.54) is 0 Å². The van der Waals surface area contributed by atoms with Gasteiger partial charge in [0.1, 0.15) is 0 Å². The van der Waals surface area contributed by atoms with Gasteiger partial charge in [-0.15, -0.1) is 0 Å². The van der Waals surface area contributed by atoms with Crippen LogP contribution in [0.5, 0.6) is 11.5 Å². The van der Waals surface area contributed by atoms with Gasteiger partial charge in [-0.1, -0.05) is 36.4 Å². The average Bonchev–Trinajstić information content (AvgIpc) is 2.43. The molecule has 92 valence electrons. The minimum Gasteiger partial charge on any atom is -0.849 e. The molecular formula is C12H12B2Na2O4. The Morgan fingerprint density at radius 1 is 0.600 bits per heavy atom. The number of para-hydroxylation sites is 2. The monoisotopic (exact) mass is 288 g/mol. The zero-order chi connectivity index (χ0) is 13.1. The Morgan fingerprint density at radius 3 is 1.15 bits per heavy atom. The molecule has 0 radical (unpaired) electrons. The van der Waals surface area contributed by atoms with Crippen LogP contribution < -0.4 is 78.5 Å². The fourth-order valence-corrected chi connectivity index (χ4v) is 1.17. The molecule has 0 fully saturated rings. The van der Waals surface area contributed by atoms with E-state index in [1.54, 1.807) is 24.3 Å². The van der Waals surface area contributed by atoms with Crippen LogP contribution in [0, 0.1) is 0 Å². The van der Waals surface area contributed by atoms with E-state index in [0.717, 1.165) is 0 Å². The minimum absolute atomic E-state index is 0. The Morgan fingerprint density at radius 2 is 0.900 bits per heavy atom. The predicted octanol–water partition coefficient (Wildman–Crippen LogP) is -6.61. The van der Waals surface area contributed by atoms with Crippen LogP contribution in [0.25, 0.3) is 0 Å². The van der Waals surface area contributed by atoms with Gasteiger partial charge >= 0.3 is 59.1 Å². The molecule has 4 nitrogen and oxygen atoms in total. The van der Waals surface area contributed by atoms with Crippen LogP contribution in [0.3, 0.4) is 0 Å². The van der Waals surface area contributed by atoms with Crippen LogP contribution in [0.15, 0.2) is 60.7 Å². The zero-order valence-electron chi connectivity index (χ0n) is 11.8. The van der Waals surface area contributed by atoms with Crippen molar-refractivity contribution in [3.63, 3.8) is 0 Å². The number of hydrogen-bond donors (Lipinski definition) is 0. The second-order valence-corrected chi connectivity index (χ2v) is 3.15. The van der Waals surface area contributed by atoms with Crippen molar-refractivity contribution in [1.29, 1.82) is 0 Å². The standard InChI is InChI=1S/2C6H6BO2.2Na/c2*8-7-9-6-4-2-1-3-5-6;;/h2*1-5,7H;;/q2*-1;2*+1. The molecule has 8 heteroatoms. The van der Waals surface area contributed by atoms with Gasteiger partial charge in [0, 0.05) is 0 Å². The van der Waals surface area contributed by atoms with Crippen molar-refractivity contribution < 1.29 is 78.5 Å². The summed E-state index contributed by atoms with van der Waals surface area (Å²) in [6, 6.07) is 18.0. The van der Waals surface area contributed by atoms with Crippen molar-refractivity contribution in [2.24, 2.45) is 0 Å². The molecule has 2 aromatic rings. The normalized spacial score (nSPS) is 7.70. The third-order valence-electron chi connectivity index (χ3n) is 1.94. The molecule has 0 aliphatic rings. The zero-order valence-corrected chi connectivity index (χ0v) is 15.8. The molecular weight excluding hydrogens is 276 g/mol. The molecule has 0 N–H and O–H groups in total. The Bertz CT molecular complexity index is 379. The maximum Gasteiger partial charge on any atom is 1.00 e. The van der Waals surface area contributed by atoms with Crippen molar-refractivity contribution in [3.8, 4) is 11.5 Å². The molecule has 2 rings (SSSR count). The van der Waals surface area contributed by atoms with E-state index in [0.29, 0.717) is 11.5 Å². The number of benzene rings is 2. The Labute approximate surface area is 164 Å². The summed E-state index contributed by atoms with van der Waals surface area (Å²) in [6.45, 7) is 0. The minimum atomic E-state index is -0.510. The van der Waals surface area contributed by atoms with Gasteiger partial charge in [-0.2, -0.15) is 0 Å². The van der Waals surface area contributed by atoms with Crippen LogP contribution in [0.4, 0.5) is 0 Å². The van der Waals surface area contributed by atoms with E-state index in [1.807, 2.05) is 36.4 Å². The van der Waals surface area contributed by atoms with E-state index in [-0.39, 0.29) is 59.1 Å². The van der Waals surface area contributed by atoms with Crippen molar-refractivity contribution in [2.45, 2.75) is 0 Å². The van der Waals surface area contributed by atoms with E-state index in [2.05, 4.69) is 9.31 Å². The summed E-state index contributed by atoms with van der Waals surface area (Å²) < 4.78 is 9.30. The maximum atomic E-state index is 9.88. The second kappa shape index (κ2) is 15.5. The summed E-state index contributed by atoms with van der Waals surface area (Å²) in [5, 5.41) is 19.8. The van der Waals surface area contributed by atoms with E-state index in [9.17, 15) is 10.0 Å². The summed E-state index contributed by atoms with van der Waals surface area (Å²) in [6.07, 6.45) is 0. The molecule has 0 heterocycles. The Hall–Kier alpha value is 0.0899. The molecule has 0 aromatic heterocycles. The summed E-state index contributed by atoms with van der Waals surface area (Å²) in [7, 11) is -1.02. The van der Waals surface area contributed by atoms with Crippen LogP contribution in [0.2, 0.25) is 0 Å². The van der Waals surface area contributed by atoms with Gasteiger partial charge in [-0.3, -0.25) is 0 Å². The largest absolute Gasteiger partial charge is 1.00 e. The molecule has 0 aliphatic carbocycles. The first-order valence-corrected chi connectivity index (χ1v) is 5.38. The summed E-state index contributed by atoms with van der Waals surface area (Å²) in [5.74, 6) is 1.26. The van der Waals surface area contributed by atoms with Gasteiger partial charge in [0.25, 0.3) is 0 Å². The summed E-state index contributed by atoms with van der Waals surface area (Å²) in [5.41, 5.74) is 0. The topological polar surface area (TPSA) is 64.6 Å². The molecule has 0 aliphatic heterocycles. The Kier molecular flexibility index (Phi) is 17.3. The fraction of sp³-hybridized carbons (Fsp3) is 0. The first kappa shape index (κ1) is 22.4. The van der Waals surface area contributed by atoms with E-state index in [4.69, 9.17) is 0 Å². The third-order valence-corrected chi connectivity index (χ3v) is 1.94. The molecule has 20 heavy (non-hydrogen) atoms. The first-order valence-electron chi connectivity index (χ1n) is 5.38. The predicted molar refractivity (Wildman–Crippen MR) is 68.4 cm³/mol. The quantitative estimate of drug-likeness (QED) is 0.525. The van der Waals surface area contributed by atoms with Gasteiger partial charge in [0.15, 0.2) is 0 Å². The molecule has 2 aromatic carbocycles. The van der Waals surface area contributed by atoms with Crippen molar-refractivity contribution >= 4 is 15.4 Å².